The third-order valence-corrected chi connectivity index (χ3v) is 8.56. The van der Waals surface area contributed by atoms with Crippen LogP contribution in [0.5, 0.6) is 0 Å². The van der Waals surface area contributed by atoms with Crippen molar-refractivity contribution in [3.8, 4) is 0 Å². The molecule has 3 heteroatoms. The van der Waals surface area contributed by atoms with Crippen molar-refractivity contribution in [2.45, 2.75) is 213 Å². The molecule has 0 aliphatic heterocycles. The van der Waals surface area contributed by atoms with Crippen LogP contribution in [-0.4, -0.2) is 18.4 Å². The van der Waals surface area contributed by atoms with E-state index in [0.29, 0.717) is 31.1 Å². The minimum absolute atomic E-state index is 0.0592. The summed E-state index contributed by atoms with van der Waals surface area (Å²) in [7, 11) is 0. The number of carbonyl (C=O) groups is 2. The average Bonchev–Trinajstić information content (AvgIpc) is 2.95. The molecular formula is C37H72O3. The first-order valence-corrected chi connectivity index (χ1v) is 18.3. The third kappa shape index (κ3) is 30.1. The van der Waals surface area contributed by atoms with Crippen LogP contribution in [-0.2, 0) is 14.3 Å². The summed E-state index contributed by atoms with van der Waals surface area (Å²) in [6, 6.07) is 0. The number of esters is 1. The van der Waals surface area contributed by atoms with E-state index < -0.39 is 0 Å². The molecular weight excluding hydrogens is 492 g/mol. The number of ether oxygens (including phenoxy) is 1. The molecule has 0 heterocycles. The van der Waals surface area contributed by atoms with E-state index in [-0.39, 0.29) is 5.97 Å². The van der Waals surface area contributed by atoms with Gasteiger partial charge in [0.1, 0.15) is 5.78 Å². The van der Waals surface area contributed by atoms with Crippen molar-refractivity contribution in [2.75, 3.05) is 6.61 Å². The average molecular weight is 565 g/mol. The Hall–Kier alpha value is -0.860. The highest BCUT2D eigenvalue weighted by atomic mass is 16.5. The molecule has 0 aliphatic carbocycles. The van der Waals surface area contributed by atoms with Crippen LogP contribution in [0.15, 0.2) is 0 Å². The van der Waals surface area contributed by atoms with Gasteiger partial charge in [-0.25, -0.2) is 0 Å². The van der Waals surface area contributed by atoms with Gasteiger partial charge in [-0.2, -0.15) is 0 Å². The van der Waals surface area contributed by atoms with Gasteiger partial charge in [0.25, 0.3) is 0 Å². The van der Waals surface area contributed by atoms with Gasteiger partial charge in [0.05, 0.1) is 6.61 Å². The lowest BCUT2D eigenvalue weighted by molar-refractivity contribution is -0.144. The maximum absolute atomic E-state index is 12.7. The van der Waals surface area contributed by atoms with E-state index in [2.05, 4.69) is 20.8 Å². The summed E-state index contributed by atoms with van der Waals surface area (Å²) in [6.07, 6.45) is 36.0. The molecule has 0 spiro atoms. The smallest absolute Gasteiger partial charge is 0.305 e. The highest BCUT2D eigenvalue weighted by Crippen LogP contribution is 2.23. The zero-order valence-electron chi connectivity index (χ0n) is 27.7. The molecule has 0 fully saturated rings. The lowest BCUT2D eigenvalue weighted by atomic mass is 9.89. The van der Waals surface area contributed by atoms with Gasteiger partial charge < -0.3 is 4.74 Å². The molecule has 0 aromatic heterocycles. The van der Waals surface area contributed by atoms with E-state index in [1.54, 1.807) is 0 Å². The van der Waals surface area contributed by atoms with Crippen molar-refractivity contribution < 1.29 is 14.3 Å². The van der Waals surface area contributed by atoms with Gasteiger partial charge in [-0.3, -0.25) is 9.59 Å². The fraction of sp³-hybridized carbons (Fsp3) is 0.946. The molecule has 40 heavy (non-hydrogen) atoms. The molecule has 0 rings (SSSR count). The van der Waals surface area contributed by atoms with Gasteiger partial charge in [-0.05, 0) is 25.2 Å². The minimum Gasteiger partial charge on any atom is -0.466 e. The maximum Gasteiger partial charge on any atom is 0.305 e. The Kier molecular flexibility index (Phi) is 31.9. The number of Topliss-reactive ketones (excluding diaryl/α,β-unsaturated/α-hetero) is 1. The van der Waals surface area contributed by atoms with Crippen LogP contribution < -0.4 is 0 Å². The lowest BCUT2D eigenvalue weighted by Gasteiger charge is -2.16. The second-order valence-corrected chi connectivity index (χ2v) is 12.7. The predicted octanol–water partition coefficient (Wildman–Crippen LogP) is 12.5. The van der Waals surface area contributed by atoms with Crippen LogP contribution >= 0.6 is 0 Å². The predicted molar refractivity (Wildman–Crippen MR) is 175 cm³/mol. The Labute approximate surface area is 251 Å². The summed E-state index contributed by atoms with van der Waals surface area (Å²) in [5.41, 5.74) is 0. The monoisotopic (exact) mass is 565 g/mol. The molecule has 238 valence electrons. The molecule has 3 nitrogen and oxygen atoms in total. The summed E-state index contributed by atoms with van der Waals surface area (Å²) in [4.78, 5) is 25.1. The quantitative estimate of drug-likeness (QED) is 0.0588. The van der Waals surface area contributed by atoms with E-state index in [1.165, 1.54) is 141 Å². The Bertz CT molecular complexity index is 530. The Morgan fingerprint density at radius 3 is 1.32 bits per heavy atom. The van der Waals surface area contributed by atoms with Gasteiger partial charge in [-0.15, -0.1) is 0 Å². The Morgan fingerprint density at radius 2 is 0.850 bits per heavy atom. The molecule has 0 saturated carbocycles. The van der Waals surface area contributed by atoms with E-state index in [9.17, 15) is 9.59 Å². The van der Waals surface area contributed by atoms with Crippen molar-refractivity contribution in [3.63, 3.8) is 0 Å². The first-order chi connectivity index (χ1) is 19.6. The molecule has 1 unspecified atom stereocenters. The molecule has 0 saturated heterocycles. The molecule has 0 radical (unpaired) electrons. The normalized spacial score (nSPS) is 12.1. The standard InChI is InChI=1S/C37H72O3/c1-4-7-10-13-15-17-18-19-20-22-25-28-33-40-37(39)32-31-35(29-26-24-21-16-14-11-8-5-2)34-36(38)30-27-23-12-9-6-3/h35H,4-34H2,1-3H3. The van der Waals surface area contributed by atoms with Crippen molar-refractivity contribution in [1.29, 1.82) is 0 Å². The van der Waals surface area contributed by atoms with Crippen molar-refractivity contribution in [1.82, 2.24) is 0 Å². The SMILES string of the molecule is CCCCCCCCCCCCCCOC(=O)CCC(CCCCCCCCCC)CC(=O)CCCCCCC. The van der Waals surface area contributed by atoms with Gasteiger partial charge in [0, 0.05) is 19.3 Å². The van der Waals surface area contributed by atoms with Crippen molar-refractivity contribution >= 4 is 11.8 Å². The molecule has 0 N–H and O–H groups in total. The fourth-order valence-corrected chi connectivity index (χ4v) is 5.79. The summed E-state index contributed by atoms with van der Waals surface area (Å²) < 4.78 is 5.56. The van der Waals surface area contributed by atoms with E-state index >= 15 is 0 Å². The highest BCUT2D eigenvalue weighted by Gasteiger charge is 2.16. The van der Waals surface area contributed by atoms with Crippen LogP contribution in [0.2, 0.25) is 0 Å². The van der Waals surface area contributed by atoms with Crippen molar-refractivity contribution in [2.24, 2.45) is 5.92 Å². The maximum atomic E-state index is 12.7. The lowest BCUT2D eigenvalue weighted by Crippen LogP contribution is -2.13. The van der Waals surface area contributed by atoms with E-state index in [1.807, 2.05) is 0 Å². The largest absolute Gasteiger partial charge is 0.466 e. The van der Waals surface area contributed by atoms with Gasteiger partial charge in [-0.1, -0.05) is 175 Å². The highest BCUT2D eigenvalue weighted by molar-refractivity contribution is 5.78. The number of unbranched alkanes of at least 4 members (excludes halogenated alkanes) is 22. The number of rotatable bonds is 33. The van der Waals surface area contributed by atoms with Gasteiger partial charge in [0.15, 0.2) is 0 Å². The molecule has 0 aliphatic rings. The zero-order valence-corrected chi connectivity index (χ0v) is 27.7. The van der Waals surface area contributed by atoms with E-state index in [4.69, 9.17) is 4.74 Å². The molecule has 0 amide bonds. The minimum atomic E-state index is -0.0592. The van der Waals surface area contributed by atoms with Crippen LogP contribution in [0.1, 0.15) is 213 Å². The summed E-state index contributed by atoms with van der Waals surface area (Å²) in [5, 5.41) is 0. The van der Waals surface area contributed by atoms with Gasteiger partial charge in [0.2, 0.25) is 0 Å². The van der Waals surface area contributed by atoms with Gasteiger partial charge >= 0.3 is 5.97 Å². The number of hydrogen-bond donors (Lipinski definition) is 0. The zero-order chi connectivity index (χ0) is 29.4. The summed E-state index contributed by atoms with van der Waals surface area (Å²) in [6.45, 7) is 7.33. The summed E-state index contributed by atoms with van der Waals surface area (Å²) >= 11 is 0. The third-order valence-electron chi connectivity index (χ3n) is 8.56. The van der Waals surface area contributed by atoms with Crippen LogP contribution in [0.3, 0.4) is 0 Å². The molecule has 1 atom stereocenters. The second-order valence-electron chi connectivity index (χ2n) is 12.7. The molecule has 0 aromatic rings. The van der Waals surface area contributed by atoms with Crippen LogP contribution in [0, 0.1) is 5.92 Å². The molecule has 0 aromatic carbocycles. The first-order valence-electron chi connectivity index (χ1n) is 18.3. The number of hydrogen-bond acceptors (Lipinski definition) is 3. The van der Waals surface area contributed by atoms with Crippen LogP contribution in [0.25, 0.3) is 0 Å². The van der Waals surface area contributed by atoms with E-state index in [0.717, 1.165) is 38.5 Å². The Morgan fingerprint density at radius 1 is 0.450 bits per heavy atom. The molecule has 0 bridgehead atoms. The number of carbonyl (C=O) groups excluding carboxylic acids is 2. The topological polar surface area (TPSA) is 43.4 Å². The first kappa shape index (κ1) is 39.1. The number of ketones is 1. The van der Waals surface area contributed by atoms with Crippen molar-refractivity contribution in [3.05, 3.63) is 0 Å². The van der Waals surface area contributed by atoms with Crippen LogP contribution in [0.4, 0.5) is 0 Å². The fourth-order valence-electron chi connectivity index (χ4n) is 5.79. The summed E-state index contributed by atoms with van der Waals surface area (Å²) in [5.74, 6) is 0.698. The Balaban J connectivity index is 4.03. The second kappa shape index (κ2) is 32.7.